The summed E-state index contributed by atoms with van der Waals surface area (Å²) in [6.45, 7) is 2.89. The Kier molecular flexibility index (Phi) is 4.80. The van der Waals surface area contributed by atoms with E-state index in [0.717, 1.165) is 24.2 Å². The molecule has 1 atom stereocenters. The molecular weight excluding hydrogens is 286 g/mol. The summed E-state index contributed by atoms with van der Waals surface area (Å²) >= 11 is 0. The predicted molar refractivity (Wildman–Crippen MR) is 82.9 cm³/mol. The summed E-state index contributed by atoms with van der Waals surface area (Å²) in [5, 5.41) is 7.75. The molecule has 1 heterocycles. The zero-order valence-electron chi connectivity index (χ0n) is 12.6. The molecule has 114 valence electrons. The lowest BCUT2D eigenvalue weighted by Crippen LogP contribution is -2.21. The van der Waals surface area contributed by atoms with Crippen molar-refractivity contribution in [2.75, 3.05) is 12.8 Å². The van der Waals surface area contributed by atoms with Crippen LogP contribution in [0.2, 0.25) is 0 Å². The van der Waals surface area contributed by atoms with E-state index in [1.807, 2.05) is 31.4 Å². The Morgan fingerprint density at radius 2 is 1.90 bits per heavy atom. The molecule has 21 heavy (non-hydrogen) atoms. The first-order valence-electron chi connectivity index (χ1n) is 6.88. The Morgan fingerprint density at radius 3 is 2.43 bits per heavy atom. The molecule has 0 bridgehead atoms. The van der Waals surface area contributed by atoms with Gasteiger partial charge in [0.25, 0.3) is 0 Å². The number of nitrogens with zero attached hydrogens (tertiary/aromatic N) is 2. The average Bonchev–Trinajstić information content (AvgIpc) is 2.83. The van der Waals surface area contributed by atoms with Crippen molar-refractivity contribution in [3.8, 4) is 0 Å². The minimum atomic E-state index is -3.13. The molecule has 5 nitrogen and oxygen atoms in total. The van der Waals surface area contributed by atoms with E-state index in [0.29, 0.717) is 4.90 Å². The van der Waals surface area contributed by atoms with Gasteiger partial charge in [0.2, 0.25) is 0 Å². The highest BCUT2D eigenvalue weighted by Crippen LogP contribution is 2.16. The van der Waals surface area contributed by atoms with Gasteiger partial charge in [-0.1, -0.05) is 12.1 Å². The van der Waals surface area contributed by atoms with Crippen molar-refractivity contribution < 1.29 is 8.42 Å². The second-order valence-corrected chi connectivity index (χ2v) is 7.26. The fourth-order valence-corrected chi connectivity index (χ4v) is 2.77. The first kappa shape index (κ1) is 15.7. The van der Waals surface area contributed by atoms with E-state index in [1.54, 1.807) is 16.8 Å². The van der Waals surface area contributed by atoms with Crippen molar-refractivity contribution in [3.05, 3.63) is 47.8 Å². The zero-order valence-corrected chi connectivity index (χ0v) is 13.4. The van der Waals surface area contributed by atoms with Crippen molar-refractivity contribution in [1.29, 1.82) is 0 Å². The first-order valence-corrected chi connectivity index (χ1v) is 8.77. The van der Waals surface area contributed by atoms with E-state index in [2.05, 4.69) is 17.3 Å². The maximum absolute atomic E-state index is 11.4. The molecule has 0 aliphatic heterocycles. The van der Waals surface area contributed by atoms with E-state index >= 15 is 0 Å². The van der Waals surface area contributed by atoms with Gasteiger partial charge in [0.05, 0.1) is 10.6 Å². The summed E-state index contributed by atoms with van der Waals surface area (Å²) in [4.78, 5) is 0.354. The van der Waals surface area contributed by atoms with E-state index in [1.165, 1.54) is 6.26 Å². The van der Waals surface area contributed by atoms with Crippen molar-refractivity contribution in [2.45, 2.75) is 24.3 Å². The maximum atomic E-state index is 11.4. The Hall–Kier alpha value is -1.66. The van der Waals surface area contributed by atoms with Gasteiger partial charge in [-0.25, -0.2) is 8.42 Å². The van der Waals surface area contributed by atoms with Crippen LogP contribution in [-0.2, 0) is 23.3 Å². The summed E-state index contributed by atoms with van der Waals surface area (Å²) < 4.78 is 24.6. The van der Waals surface area contributed by atoms with Crippen LogP contribution < -0.4 is 5.32 Å². The molecule has 1 aromatic heterocycles. The summed E-state index contributed by atoms with van der Waals surface area (Å²) in [5.74, 6) is 0. The lowest BCUT2D eigenvalue weighted by Gasteiger charge is -2.14. The van der Waals surface area contributed by atoms with E-state index in [-0.39, 0.29) is 6.04 Å². The van der Waals surface area contributed by atoms with Crippen LogP contribution in [0.25, 0.3) is 0 Å². The zero-order chi connectivity index (χ0) is 15.5. The fraction of sp³-hybridized carbons (Fsp3) is 0.400. The van der Waals surface area contributed by atoms with Crippen LogP contribution in [0.15, 0.2) is 41.4 Å². The summed E-state index contributed by atoms with van der Waals surface area (Å²) in [6, 6.07) is 9.20. The molecule has 0 amide bonds. The van der Waals surface area contributed by atoms with Crippen LogP contribution in [0.1, 0.15) is 24.2 Å². The number of aromatic nitrogens is 2. The van der Waals surface area contributed by atoms with E-state index in [9.17, 15) is 8.42 Å². The van der Waals surface area contributed by atoms with Gasteiger partial charge in [0.1, 0.15) is 0 Å². The van der Waals surface area contributed by atoms with Crippen LogP contribution in [-0.4, -0.2) is 31.0 Å². The predicted octanol–water partition coefficient (Wildman–Crippen LogP) is 1.72. The number of hydrogen-bond donors (Lipinski definition) is 1. The first-order chi connectivity index (χ1) is 9.86. The third-order valence-corrected chi connectivity index (χ3v) is 4.54. The molecule has 0 spiro atoms. The minimum Gasteiger partial charge on any atom is -0.310 e. The summed E-state index contributed by atoms with van der Waals surface area (Å²) in [6.07, 6.45) is 4.02. The van der Waals surface area contributed by atoms with Gasteiger partial charge in [0.15, 0.2) is 9.84 Å². The van der Waals surface area contributed by atoms with Crippen molar-refractivity contribution in [1.82, 2.24) is 15.1 Å². The van der Waals surface area contributed by atoms with Gasteiger partial charge in [-0.3, -0.25) is 4.68 Å². The summed E-state index contributed by atoms with van der Waals surface area (Å²) in [7, 11) is -1.22. The van der Waals surface area contributed by atoms with E-state index in [4.69, 9.17) is 0 Å². The number of aryl methyl sites for hydroxylation is 1. The van der Waals surface area contributed by atoms with Crippen molar-refractivity contribution >= 4 is 9.84 Å². The van der Waals surface area contributed by atoms with E-state index < -0.39 is 9.84 Å². The van der Waals surface area contributed by atoms with Gasteiger partial charge in [-0.15, -0.1) is 0 Å². The lowest BCUT2D eigenvalue weighted by molar-refractivity contribution is 0.570. The molecular formula is C15H21N3O2S. The molecule has 1 aromatic carbocycles. The number of nitrogens with one attached hydrogen (secondary N) is 1. The maximum Gasteiger partial charge on any atom is 0.175 e. The van der Waals surface area contributed by atoms with Crippen LogP contribution >= 0.6 is 0 Å². The van der Waals surface area contributed by atoms with Crippen molar-refractivity contribution in [3.63, 3.8) is 0 Å². The smallest absolute Gasteiger partial charge is 0.175 e. The third kappa shape index (κ3) is 4.41. The highest BCUT2D eigenvalue weighted by Gasteiger charge is 2.09. The highest BCUT2D eigenvalue weighted by molar-refractivity contribution is 7.90. The standard InChI is InChI=1S/C15H21N3O2S/c1-12(16-10-8-14-9-11-18(2)17-14)13-4-6-15(7-5-13)21(3,19)20/h4-7,9,11-12,16H,8,10H2,1-3H3. The molecule has 0 saturated carbocycles. The van der Waals surface area contributed by atoms with Gasteiger partial charge < -0.3 is 5.32 Å². The molecule has 1 unspecified atom stereocenters. The van der Waals surface area contributed by atoms with Crippen LogP contribution in [0.5, 0.6) is 0 Å². The molecule has 6 heteroatoms. The molecule has 2 rings (SSSR count). The lowest BCUT2D eigenvalue weighted by atomic mass is 10.1. The number of rotatable bonds is 6. The Labute approximate surface area is 125 Å². The third-order valence-electron chi connectivity index (χ3n) is 3.41. The monoisotopic (exact) mass is 307 g/mol. The van der Waals surface area contributed by atoms with Gasteiger partial charge >= 0.3 is 0 Å². The molecule has 2 aromatic rings. The molecule has 1 N–H and O–H groups in total. The summed E-state index contributed by atoms with van der Waals surface area (Å²) in [5.41, 5.74) is 2.13. The van der Waals surface area contributed by atoms with Gasteiger partial charge in [-0.05, 0) is 30.7 Å². The van der Waals surface area contributed by atoms with Crippen LogP contribution in [0.4, 0.5) is 0 Å². The average molecular weight is 307 g/mol. The topological polar surface area (TPSA) is 64.0 Å². The van der Waals surface area contributed by atoms with Crippen LogP contribution in [0.3, 0.4) is 0 Å². The minimum absolute atomic E-state index is 0.169. The number of benzene rings is 1. The van der Waals surface area contributed by atoms with Crippen LogP contribution in [0, 0.1) is 0 Å². The molecule has 0 aliphatic rings. The quantitative estimate of drug-likeness (QED) is 0.882. The highest BCUT2D eigenvalue weighted by atomic mass is 32.2. The fourth-order valence-electron chi connectivity index (χ4n) is 2.13. The number of hydrogen-bond acceptors (Lipinski definition) is 4. The second kappa shape index (κ2) is 6.41. The Balaban J connectivity index is 1.89. The Morgan fingerprint density at radius 1 is 1.24 bits per heavy atom. The second-order valence-electron chi connectivity index (χ2n) is 5.25. The van der Waals surface area contributed by atoms with Gasteiger partial charge in [0, 0.05) is 38.5 Å². The SMILES string of the molecule is CC(NCCc1ccn(C)n1)c1ccc(S(C)(=O)=O)cc1. The molecule has 0 radical (unpaired) electrons. The molecule has 0 fully saturated rings. The largest absolute Gasteiger partial charge is 0.310 e. The number of sulfone groups is 1. The Bertz CT molecular complexity index is 690. The molecule has 0 saturated heterocycles. The van der Waals surface area contributed by atoms with Gasteiger partial charge in [-0.2, -0.15) is 5.10 Å². The molecule has 0 aliphatic carbocycles. The van der Waals surface area contributed by atoms with Crippen molar-refractivity contribution in [2.24, 2.45) is 7.05 Å². The normalized spacial score (nSPS) is 13.3.